The largest absolute Gasteiger partial charge is 0.488 e. The number of carbonyl (C=O) groups excluding carboxylic acids is 1. The molecule has 0 radical (unpaired) electrons. The van der Waals surface area contributed by atoms with Gasteiger partial charge in [0.05, 0.1) is 5.56 Å². The lowest BCUT2D eigenvalue weighted by Gasteiger charge is -2.13. The fourth-order valence-electron chi connectivity index (χ4n) is 3.19. The van der Waals surface area contributed by atoms with Gasteiger partial charge in [-0.05, 0) is 58.8 Å². The third kappa shape index (κ3) is 3.32. The number of ether oxygens (including phenoxy) is 1. The van der Waals surface area contributed by atoms with Crippen LogP contribution >= 0.6 is 11.6 Å². The normalized spacial score (nSPS) is 11.1. The standard InChI is InChI=1S/C22H16ClFN2O2/c1-12(19-10-26-20-9-16(24)4-5-17(19)20)11-28-21-8-13-2-3-15(23)6-14(13)7-18(21)22(25)27/h2-10,26H,1,11H2,(H2,25,27). The van der Waals surface area contributed by atoms with Crippen LogP contribution in [0.5, 0.6) is 5.75 Å². The van der Waals surface area contributed by atoms with Crippen LogP contribution in [0.1, 0.15) is 15.9 Å². The highest BCUT2D eigenvalue weighted by Gasteiger charge is 2.14. The van der Waals surface area contributed by atoms with E-state index in [4.69, 9.17) is 22.1 Å². The van der Waals surface area contributed by atoms with Crippen LogP contribution in [0.15, 0.2) is 61.3 Å². The molecule has 0 unspecified atom stereocenters. The molecule has 1 aromatic heterocycles. The number of benzene rings is 3. The molecular weight excluding hydrogens is 379 g/mol. The summed E-state index contributed by atoms with van der Waals surface area (Å²) in [7, 11) is 0. The second kappa shape index (κ2) is 7.02. The molecule has 0 bridgehead atoms. The summed E-state index contributed by atoms with van der Waals surface area (Å²) in [5, 5.41) is 3.09. The summed E-state index contributed by atoms with van der Waals surface area (Å²) in [5.74, 6) is -0.537. The molecule has 0 aliphatic carbocycles. The lowest BCUT2D eigenvalue weighted by atomic mass is 10.0. The Balaban J connectivity index is 1.64. The first-order valence-corrected chi connectivity index (χ1v) is 8.91. The first-order chi connectivity index (χ1) is 13.4. The Morgan fingerprint density at radius 2 is 1.93 bits per heavy atom. The molecule has 4 aromatic rings. The van der Waals surface area contributed by atoms with Crippen molar-refractivity contribution < 1.29 is 13.9 Å². The molecule has 3 N–H and O–H groups in total. The van der Waals surface area contributed by atoms with Crippen molar-refractivity contribution in [1.29, 1.82) is 0 Å². The number of halogens is 2. The summed E-state index contributed by atoms with van der Waals surface area (Å²) in [6.07, 6.45) is 1.76. The summed E-state index contributed by atoms with van der Waals surface area (Å²) >= 11 is 6.02. The van der Waals surface area contributed by atoms with Crippen molar-refractivity contribution >= 4 is 44.8 Å². The van der Waals surface area contributed by atoms with Crippen LogP contribution in [-0.4, -0.2) is 17.5 Å². The second-order valence-electron chi connectivity index (χ2n) is 6.49. The number of carbonyl (C=O) groups is 1. The molecule has 140 valence electrons. The van der Waals surface area contributed by atoms with Crippen molar-refractivity contribution in [2.75, 3.05) is 6.61 Å². The number of aromatic nitrogens is 1. The molecular formula is C22H16ClFN2O2. The van der Waals surface area contributed by atoms with E-state index in [9.17, 15) is 9.18 Å². The number of primary amides is 1. The van der Waals surface area contributed by atoms with Gasteiger partial charge in [0.25, 0.3) is 5.91 Å². The number of aromatic amines is 1. The maximum absolute atomic E-state index is 13.4. The van der Waals surface area contributed by atoms with Gasteiger partial charge in [0.2, 0.25) is 0 Å². The van der Waals surface area contributed by atoms with Crippen LogP contribution in [-0.2, 0) is 0 Å². The second-order valence-corrected chi connectivity index (χ2v) is 6.93. The highest BCUT2D eigenvalue weighted by atomic mass is 35.5. The van der Waals surface area contributed by atoms with Crippen molar-refractivity contribution in [3.63, 3.8) is 0 Å². The van der Waals surface area contributed by atoms with E-state index in [0.29, 0.717) is 21.9 Å². The van der Waals surface area contributed by atoms with Gasteiger partial charge in [0.1, 0.15) is 18.2 Å². The molecule has 0 saturated heterocycles. The van der Waals surface area contributed by atoms with Gasteiger partial charge in [0.15, 0.2) is 0 Å². The van der Waals surface area contributed by atoms with Gasteiger partial charge in [-0.25, -0.2) is 4.39 Å². The lowest BCUT2D eigenvalue weighted by Crippen LogP contribution is -2.13. The lowest BCUT2D eigenvalue weighted by molar-refractivity contribution is 0.0997. The van der Waals surface area contributed by atoms with Gasteiger partial charge < -0.3 is 15.5 Å². The van der Waals surface area contributed by atoms with Crippen LogP contribution in [0.2, 0.25) is 5.02 Å². The predicted octanol–water partition coefficient (Wildman–Crippen LogP) is 5.30. The van der Waals surface area contributed by atoms with E-state index >= 15 is 0 Å². The molecule has 0 atom stereocenters. The van der Waals surface area contributed by atoms with Crippen LogP contribution in [0.3, 0.4) is 0 Å². The molecule has 1 amide bonds. The van der Waals surface area contributed by atoms with Crippen molar-refractivity contribution in [2.24, 2.45) is 5.73 Å². The van der Waals surface area contributed by atoms with E-state index in [1.54, 1.807) is 36.5 Å². The van der Waals surface area contributed by atoms with E-state index in [-0.39, 0.29) is 18.0 Å². The average Bonchev–Trinajstić information content (AvgIpc) is 3.08. The highest BCUT2D eigenvalue weighted by Crippen LogP contribution is 2.30. The Morgan fingerprint density at radius 1 is 1.11 bits per heavy atom. The summed E-state index contributed by atoms with van der Waals surface area (Å²) in [6, 6.07) is 13.3. The van der Waals surface area contributed by atoms with Gasteiger partial charge in [0, 0.05) is 27.7 Å². The maximum atomic E-state index is 13.4. The van der Waals surface area contributed by atoms with E-state index < -0.39 is 5.91 Å². The molecule has 0 aliphatic heterocycles. The summed E-state index contributed by atoms with van der Waals surface area (Å²) in [6.45, 7) is 4.20. The predicted molar refractivity (Wildman–Crippen MR) is 110 cm³/mol. The molecule has 0 spiro atoms. The molecule has 6 heteroatoms. The number of hydrogen-bond donors (Lipinski definition) is 2. The SMILES string of the molecule is C=C(COc1cc2ccc(Cl)cc2cc1C(N)=O)c1c[nH]c2cc(F)ccc12. The molecule has 0 aliphatic rings. The van der Waals surface area contributed by atoms with Gasteiger partial charge >= 0.3 is 0 Å². The molecule has 0 fully saturated rings. The van der Waals surface area contributed by atoms with E-state index in [1.807, 2.05) is 6.07 Å². The third-order valence-electron chi connectivity index (χ3n) is 4.59. The van der Waals surface area contributed by atoms with Gasteiger partial charge in [-0.2, -0.15) is 0 Å². The van der Waals surface area contributed by atoms with Gasteiger partial charge in [-0.15, -0.1) is 0 Å². The smallest absolute Gasteiger partial charge is 0.252 e. The van der Waals surface area contributed by atoms with E-state index in [2.05, 4.69) is 11.6 Å². The molecule has 1 heterocycles. The number of H-pyrrole nitrogens is 1. The fraction of sp³-hybridized carbons (Fsp3) is 0.0455. The van der Waals surface area contributed by atoms with Crippen LogP contribution < -0.4 is 10.5 Å². The number of nitrogens with two attached hydrogens (primary N) is 1. The van der Waals surface area contributed by atoms with Crippen molar-refractivity contribution in [3.05, 3.63) is 83.3 Å². The monoisotopic (exact) mass is 394 g/mol. The summed E-state index contributed by atoms with van der Waals surface area (Å²) < 4.78 is 19.2. The Hall–Kier alpha value is -3.31. The Morgan fingerprint density at radius 3 is 2.71 bits per heavy atom. The molecule has 28 heavy (non-hydrogen) atoms. The molecule has 0 saturated carbocycles. The van der Waals surface area contributed by atoms with Crippen LogP contribution in [0.4, 0.5) is 4.39 Å². The van der Waals surface area contributed by atoms with Gasteiger partial charge in [-0.3, -0.25) is 4.79 Å². The zero-order chi connectivity index (χ0) is 19.8. The fourth-order valence-corrected chi connectivity index (χ4v) is 3.37. The third-order valence-corrected chi connectivity index (χ3v) is 4.83. The average molecular weight is 395 g/mol. The van der Waals surface area contributed by atoms with Crippen LogP contribution in [0, 0.1) is 5.82 Å². The highest BCUT2D eigenvalue weighted by molar-refractivity contribution is 6.31. The Labute approximate surface area is 165 Å². The topological polar surface area (TPSA) is 68.1 Å². The summed E-state index contributed by atoms with van der Waals surface area (Å²) in [5.41, 5.74) is 7.97. The number of amides is 1. The van der Waals surface area contributed by atoms with Gasteiger partial charge in [-0.1, -0.05) is 24.2 Å². The minimum absolute atomic E-state index is 0.143. The van der Waals surface area contributed by atoms with Crippen molar-refractivity contribution in [3.8, 4) is 5.75 Å². The number of rotatable bonds is 5. The molecule has 4 nitrogen and oxygen atoms in total. The Bertz CT molecular complexity index is 1250. The number of fused-ring (bicyclic) bond motifs is 2. The van der Waals surface area contributed by atoms with Crippen molar-refractivity contribution in [1.82, 2.24) is 4.98 Å². The first kappa shape index (κ1) is 18.1. The minimum Gasteiger partial charge on any atom is -0.488 e. The van der Waals surface area contributed by atoms with Crippen molar-refractivity contribution in [2.45, 2.75) is 0 Å². The summed E-state index contributed by atoms with van der Waals surface area (Å²) in [4.78, 5) is 14.9. The minimum atomic E-state index is -0.593. The zero-order valence-corrected chi connectivity index (χ0v) is 15.5. The Kier molecular flexibility index (Phi) is 4.53. The molecule has 4 rings (SSSR count). The zero-order valence-electron chi connectivity index (χ0n) is 14.8. The van der Waals surface area contributed by atoms with E-state index in [1.165, 1.54) is 12.1 Å². The number of nitrogens with one attached hydrogen (secondary N) is 1. The first-order valence-electron chi connectivity index (χ1n) is 8.53. The quantitative estimate of drug-likeness (QED) is 0.482. The van der Waals surface area contributed by atoms with E-state index in [0.717, 1.165) is 21.7 Å². The number of hydrogen-bond acceptors (Lipinski definition) is 2. The van der Waals surface area contributed by atoms with Crippen LogP contribution in [0.25, 0.3) is 27.2 Å². The maximum Gasteiger partial charge on any atom is 0.252 e. The molecule has 3 aromatic carbocycles.